The first-order valence-corrected chi connectivity index (χ1v) is 8.01. The number of nitrogens with one attached hydrogen (secondary N) is 1. The van der Waals surface area contributed by atoms with E-state index >= 15 is 0 Å². The van der Waals surface area contributed by atoms with E-state index in [1.54, 1.807) is 32.2 Å². The van der Waals surface area contributed by atoms with E-state index in [2.05, 4.69) is 5.32 Å². The van der Waals surface area contributed by atoms with Crippen molar-refractivity contribution < 1.29 is 14.3 Å². The first-order chi connectivity index (χ1) is 11.0. The van der Waals surface area contributed by atoms with Gasteiger partial charge in [0.15, 0.2) is 0 Å². The highest BCUT2D eigenvalue weighted by atomic mass is 35.5. The molecule has 1 heterocycles. The third-order valence-electron chi connectivity index (χ3n) is 3.92. The number of rotatable bonds is 5. The van der Waals surface area contributed by atoms with Crippen molar-refractivity contribution in [3.8, 4) is 0 Å². The molecular formula is C17H21ClN2O3. The fourth-order valence-corrected chi connectivity index (χ4v) is 2.67. The van der Waals surface area contributed by atoms with Gasteiger partial charge in [-0.15, -0.1) is 0 Å². The maximum Gasteiger partial charge on any atom is 0.338 e. The zero-order valence-electron chi connectivity index (χ0n) is 13.6. The van der Waals surface area contributed by atoms with Crippen LogP contribution >= 0.6 is 11.6 Å². The van der Waals surface area contributed by atoms with Crippen molar-refractivity contribution >= 4 is 23.6 Å². The molecule has 0 saturated carbocycles. The number of amides is 2. The fourth-order valence-electron chi connectivity index (χ4n) is 2.43. The van der Waals surface area contributed by atoms with Gasteiger partial charge in [-0.05, 0) is 25.0 Å². The molecule has 0 spiro atoms. The Bertz CT molecular complexity index is 642. The highest BCUT2D eigenvalue weighted by Gasteiger charge is 2.35. The van der Waals surface area contributed by atoms with Gasteiger partial charge in [-0.3, -0.25) is 0 Å². The first kappa shape index (κ1) is 17.3. The molecule has 2 amide bonds. The number of ether oxygens (including phenoxy) is 1. The van der Waals surface area contributed by atoms with Crippen LogP contribution in [-0.4, -0.2) is 30.6 Å². The van der Waals surface area contributed by atoms with Crippen molar-refractivity contribution in [1.82, 2.24) is 10.2 Å². The maximum absolute atomic E-state index is 12.5. The van der Waals surface area contributed by atoms with E-state index in [0.29, 0.717) is 28.5 Å². The van der Waals surface area contributed by atoms with E-state index in [1.807, 2.05) is 13.0 Å². The molecular weight excluding hydrogens is 316 g/mol. The summed E-state index contributed by atoms with van der Waals surface area (Å²) in [6.45, 7) is 4.12. The third-order valence-corrected chi connectivity index (χ3v) is 4.27. The minimum absolute atomic E-state index is 0.280. The molecule has 5 nitrogen and oxygen atoms in total. The molecule has 1 atom stereocenters. The molecule has 1 aliphatic rings. The number of halogens is 1. The lowest BCUT2D eigenvalue weighted by atomic mass is 9.95. The van der Waals surface area contributed by atoms with Gasteiger partial charge in [0.1, 0.15) is 0 Å². The Labute approximate surface area is 141 Å². The Kier molecular flexibility index (Phi) is 5.66. The first-order valence-electron chi connectivity index (χ1n) is 7.63. The Balaban J connectivity index is 2.40. The van der Waals surface area contributed by atoms with E-state index in [4.69, 9.17) is 16.3 Å². The summed E-state index contributed by atoms with van der Waals surface area (Å²) >= 11 is 6.25. The van der Waals surface area contributed by atoms with Crippen LogP contribution in [0.2, 0.25) is 5.02 Å². The number of carbonyl (C=O) groups is 2. The molecule has 0 bridgehead atoms. The molecule has 1 aromatic rings. The number of carbonyl (C=O) groups excluding carboxylic acids is 2. The molecule has 0 fully saturated rings. The van der Waals surface area contributed by atoms with Crippen molar-refractivity contribution in [3.63, 3.8) is 0 Å². The molecule has 2 rings (SSSR count). The van der Waals surface area contributed by atoms with E-state index in [0.717, 1.165) is 12.8 Å². The Morgan fingerprint density at radius 3 is 2.74 bits per heavy atom. The second-order valence-corrected chi connectivity index (χ2v) is 5.86. The molecule has 0 radical (unpaired) electrons. The molecule has 1 N–H and O–H groups in total. The van der Waals surface area contributed by atoms with Crippen LogP contribution in [0, 0.1) is 0 Å². The number of nitrogens with zero attached hydrogens (tertiary/aromatic N) is 1. The SMILES string of the molecule is CCCCOC(=O)C1=C(C)N(C)C(=O)N[C@@H]1c1ccccc1Cl. The van der Waals surface area contributed by atoms with Crippen molar-refractivity contribution in [2.45, 2.75) is 32.7 Å². The molecule has 0 aromatic heterocycles. The van der Waals surface area contributed by atoms with Crippen molar-refractivity contribution in [1.29, 1.82) is 0 Å². The van der Waals surface area contributed by atoms with Crippen LogP contribution < -0.4 is 5.32 Å². The number of allylic oxidation sites excluding steroid dienone is 1. The van der Waals surface area contributed by atoms with Gasteiger partial charge in [0.05, 0.1) is 18.2 Å². The van der Waals surface area contributed by atoms with E-state index in [-0.39, 0.29) is 6.03 Å². The lowest BCUT2D eigenvalue weighted by molar-refractivity contribution is -0.139. The Morgan fingerprint density at radius 1 is 1.39 bits per heavy atom. The van der Waals surface area contributed by atoms with Crippen molar-refractivity contribution in [2.75, 3.05) is 13.7 Å². The number of unbranched alkanes of at least 4 members (excludes halogenated alkanes) is 1. The molecule has 1 aromatic carbocycles. The van der Waals surface area contributed by atoms with Crippen LogP contribution in [0.1, 0.15) is 38.3 Å². The monoisotopic (exact) mass is 336 g/mol. The summed E-state index contributed by atoms with van der Waals surface area (Å²) in [6.07, 6.45) is 1.74. The molecule has 23 heavy (non-hydrogen) atoms. The average Bonchev–Trinajstić information content (AvgIpc) is 2.53. The summed E-state index contributed by atoms with van der Waals surface area (Å²) in [6, 6.07) is 6.26. The molecule has 1 aliphatic heterocycles. The minimum Gasteiger partial charge on any atom is -0.462 e. The molecule has 0 saturated heterocycles. The lowest BCUT2D eigenvalue weighted by Gasteiger charge is -2.33. The van der Waals surface area contributed by atoms with Gasteiger partial charge in [-0.2, -0.15) is 0 Å². The van der Waals surface area contributed by atoms with Crippen molar-refractivity contribution in [2.24, 2.45) is 0 Å². The van der Waals surface area contributed by atoms with Gasteiger partial charge in [0.2, 0.25) is 0 Å². The topological polar surface area (TPSA) is 58.6 Å². The molecule has 0 unspecified atom stereocenters. The summed E-state index contributed by atoms with van der Waals surface area (Å²) in [5.41, 5.74) is 1.66. The van der Waals surface area contributed by atoms with Gasteiger partial charge in [0, 0.05) is 17.8 Å². The van der Waals surface area contributed by atoms with Crippen LogP contribution in [0.5, 0.6) is 0 Å². The quantitative estimate of drug-likeness (QED) is 0.659. The third kappa shape index (κ3) is 3.67. The highest BCUT2D eigenvalue weighted by molar-refractivity contribution is 6.31. The van der Waals surface area contributed by atoms with E-state index in [9.17, 15) is 9.59 Å². The number of hydrogen-bond donors (Lipinski definition) is 1. The van der Waals surface area contributed by atoms with Crippen LogP contribution in [0.25, 0.3) is 0 Å². The summed E-state index contributed by atoms with van der Waals surface area (Å²) < 4.78 is 5.35. The smallest absolute Gasteiger partial charge is 0.338 e. The normalized spacial score (nSPS) is 18.0. The van der Waals surface area contributed by atoms with Crippen LogP contribution in [-0.2, 0) is 9.53 Å². The van der Waals surface area contributed by atoms with Gasteiger partial charge in [-0.1, -0.05) is 43.1 Å². The van der Waals surface area contributed by atoms with Gasteiger partial charge >= 0.3 is 12.0 Å². The van der Waals surface area contributed by atoms with E-state index < -0.39 is 12.0 Å². The minimum atomic E-state index is -0.610. The summed E-state index contributed by atoms with van der Waals surface area (Å²) in [5.74, 6) is -0.423. The molecule has 0 aliphatic carbocycles. The Morgan fingerprint density at radius 2 is 2.09 bits per heavy atom. The van der Waals surface area contributed by atoms with E-state index in [1.165, 1.54) is 4.90 Å². The maximum atomic E-state index is 12.5. The largest absolute Gasteiger partial charge is 0.462 e. The van der Waals surface area contributed by atoms with Gasteiger partial charge < -0.3 is 15.0 Å². The van der Waals surface area contributed by atoms with Crippen LogP contribution in [0.3, 0.4) is 0 Å². The summed E-state index contributed by atoms with van der Waals surface area (Å²) in [7, 11) is 1.62. The second-order valence-electron chi connectivity index (χ2n) is 5.45. The standard InChI is InChI=1S/C17H21ClN2O3/c1-4-5-10-23-16(21)14-11(2)20(3)17(22)19-15(14)12-8-6-7-9-13(12)18/h6-9,15H,4-5,10H2,1-3H3,(H,19,22)/t15-/m1/s1. The predicted octanol–water partition coefficient (Wildman–Crippen LogP) is 3.65. The average molecular weight is 337 g/mol. The highest BCUT2D eigenvalue weighted by Crippen LogP contribution is 2.34. The number of benzene rings is 1. The molecule has 6 heteroatoms. The Hall–Kier alpha value is -2.01. The predicted molar refractivity (Wildman–Crippen MR) is 89.1 cm³/mol. The van der Waals surface area contributed by atoms with Crippen molar-refractivity contribution in [3.05, 3.63) is 46.1 Å². The van der Waals surface area contributed by atoms with Gasteiger partial charge in [-0.25, -0.2) is 9.59 Å². The summed E-state index contributed by atoms with van der Waals surface area (Å²) in [5, 5.41) is 3.31. The zero-order chi connectivity index (χ0) is 17.0. The van der Waals surface area contributed by atoms with Gasteiger partial charge in [0.25, 0.3) is 0 Å². The number of urea groups is 1. The van der Waals surface area contributed by atoms with Crippen LogP contribution in [0.15, 0.2) is 35.5 Å². The fraction of sp³-hybridized carbons (Fsp3) is 0.412. The molecule has 124 valence electrons. The zero-order valence-corrected chi connectivity index (χ0v) is 14.3. The summed E-state index contributed by atoms with van der Waals surface area (Å²) in [4.78, 5) is 26.0. The number of hydrogen-bond acceptors (Lipinski definition) is 3. The number of esters is 1. The second kappa shape index (κ2) is 7.51. The van der Waals surface area contributed by atoms with Crippen LogP contribution in [0.4, 0.5) is 4.79 Å². The lowest BCUT2D eigenvalue weighted by Crippen LogP contribution is -2.46.